The molecular formula is C47H82O5. The summed E-state index contributed by atoms with van der Waals surface area (Å²) in [6.45, 7) is 14.2. The number of hydrogen-bond acceptors (Lipinski definition) is 4. The van der Waals surface area contributed by atoms with Crippen molar-refractivity contribution in [2.45, 2.75) is 221 Å². The molecule has 3 saturated carbocycles. The molecule has 0 bridgehead atoms. The van der Waals surface area contributed by atoms with Crippen LogP contribution in [0.15, 0.2) is 47.6 Å². The van der Waals surface area contributed by atoms with Gasteiger partial charge in [0, 0.05) is 13.3 Å². The molecular weight excluding hydrogens is 645 g/mol. The average Bonchev–Trinajstić information content (AvgIpc) is 3.41. The van der Waals surface area contributed by atoms with Gasteiger partial charge in [0.2, 0.25) is 0 Å². The van der Waals surface area contributed by atoms with Crippen molar-refractivity contribution in [1.29, 1.82) is 0 Å². The zero-order chi connectivity index (χ0) is 37.5. The molecule has 3 fully saturated rings. The van der Waals surface area contributed by atoms with Gasteiger partial charge in [0.25, 0.3) is 5.97 Å². The molecule has 52 heavy (non-hydrogen) atoms. The van der Waals surface area contributed by atoms with Crippen molar-refractivity contribution in [3.8, 4) is 0 Å². The molecule has 0 amide bonds. The summed E-state index contributed by atoms with van der Waals surface area (Å²) in [5.41, 5.74) is 3.84. The van der Waals surface area contributed by atoms with E-state index < -0.39 is 11.6 Å². The van der Waals surface area contributed by atoms with Crippen LogP contribution in [0.4, 0.5) is 0 Å². The van der Waals surface area contributed by atoms with Crippen molar-refractivity contribution in [3.05, 3.63) is 47.6 Å². The van der Waals surface area contributed by atoms with Gasteiger partial charge in [-0.05, 0) is 139 Å². The third-order valence-corrected chi connectivity index (χ3v) is 11.9. The van der Waals surface area contributed by atoms with Crippen molar-refractivity contribution in [1.82, 2.24) is 0 Å². The molecule has 4 atom stereocenters. The van der Waals surface area contributed by atoms with Gasteiger partial charge in [-0.25, -0.2) is 0 Å². The number of carboxylic acid groups (broad SMARTS) is 1. The van der Waals surface area contributed by atoms with Crippen LogP contribution in [-0.2, 0) is 14.3 Å². The van der Waals surface area contributed by atoms with Crippen LogP contribution in [0.5, 0.6) is 0 Å². The first kappa shape index (κ1) is 47.9. The van der Waals surface area contributed by atoms with Crippen LogP contribution in [-0.4, -0.2) is 33.9 Å². The molecule has 4 unspecified atom stereocenters. The summed E-state index contributed by atoms with van der Waals surface area (Å²) in [4.78, 5) is 21.7. The first-order valence-electron chi connectivity index (χ1n) is 21.2. The van der Waals surface area contributed by atoms with Gasteiger partial charge in [0.15, 0.2) is 0 Å². The van der Waals surface area contributed by atoms with Gasteiger partial charge >= 0.3 is 5.97 Å². The van der Waals surface area contributed by atoms with E-state index >= 15 is 0 Å². The third-order valence-electron chi connectivity index (χ3n) is 11.9. The fourth-order valence-corrected chi connectivity index (χ4v) is 8.87. The highest BCUT2D eigenvalue weighted by atomic mass is 16.5. The number of allylic oxidation sites excluding steroid dienone is 5. The Hall–Kier alpha value is -2.14. The molecule has 2 N–H and O–H groups in total. The molecule has 5 heteroatoms. The fraction of sp³-hybridized carbons (Fsp3) is 0.787. The number of carboxylic acids is 1. The lowest BCUT2D eigenvalue weighted by molar-refractivity contribution is -0.148. The summed E-state index contributed by atoms with van der Waals surface area (Å²) in [6.07, 6.45) is 40.4. The highest BCUT2D eigenvalue weighted by Gasteiger charge is 2.48. The summed E-state index contributed by atoms with van der Waals surface area (Å²) in [5.74, 6) is 0.626. The minimum atomic E-state index is -0.833. The predicted molar refractivity (Wildman–Crippen MR) is 221 cm³/mol. The van der Waals surface area contributed by atoms with E-state index in [4.69, 9.17) is 14.6 Å². The molecule has 3 rings (SSSR count). The molecule has 0 heterocycles. The average molecular weight is 727 g/mol. The van der Waals surface area contributed by atoms with Crippen molar-refractivity contribution in [2.75, 3.05) is 0 Å². The summed E-state index contributed by atoms with van der Waals surface area (Å²) < 4.78 is 5.99. The first-order chi connectivity index (χ1) is 24.4. The van der Waals surface area contributed by atoms with Crippen LogP contribution in [0, 0.1) is 17.3 Å². The van der Waals surface area contributed by atoms with Crippen LogP contribution in [0.25, 0.3) is 0 Å². The number of aliphatic hydroxyl groups is 1. The van der Waals surface area contributed by atoms with Gasteiger partial charge in [-0.1, -0.05) is 122 Å². The van der Waals surface area contributed by atoms with Gasteiger partial charge in [-0.15, -0.1) is 0 Å². The lowest BCUT2D eigenvalue weighted by Gasteiger charge is -2.42. The Labute approximate surface area is 321 Å². The van der Waals surface area contributed by atoms with Gasteiger partial charge in [-0.2, -0.15) is 0 Å². The second kappa shape index (κ2) is 26.6. The van der Waals surface area contributed by atoms with E-state index in [1.165, 1.54) is 121 Å². The number of hydrogen-bond donors (Lipinski definition) is 2. The van der Waals surface area contributed by atoms with E-state index in [9.17, 15) is 9.90 Å². The molecule has 0 spiro atoms. The fourth-order valence-electron chi connectivity index (χ4n) is 8.87. The minimum absolute atomic E-state index is 0. The van der Waals surface area contributed by atoms with Gasteiger partial charge in [0.1, 0.15) is 6.10 Å². The topological polar surface area (TPSA) is 83.8 Å². The zero-order valence-electron chi connectivity index (χ0n) is 33.8. The molecule has 0 radical (unpaired) electrons. The molecule has 3 aliphatic carbocycles. The molecule has 0 aromatic rings. The van der Waals surface area contributed by atoms with Crippen molar-refractivity contribution in [3.63, 3.8) is 0 Å². The van der Waals surface area contributed by atoms with Gasteiger partial charge < -0.3 is 14.9 Å². The third kappa shape index (κ3) is 19.3. The van der Waals surface area contributed by atoms with Crippen LogP contribution < -0.4 is 0 Å². The zero-order valence-corrected chi connectivity index (χ0v) is 33.8. The van der Waals surface area contributed by atoms with Crippen molar-refractivity contribution >= 4 is 11.9 Å². The minimum Gasteiger partial charge on any atom is -0.481 e. The van der Waals surface area contributed by atoms with E-state index in [0.29, 0.717) is 17.8 Å². The number of aliphatic carboxylic acids is 1. The number of rotatable bonds is 22. The van der Waals surface area contributed by atoms with Crippen LogP contribution in [0.3, 0.4) is 0 Å². The van der Waals surface area contributed by atoms with Crippen molar-refractivity contribution in [2.24, 2.45) is 17.3 Å². The second-order valence-corrected chi connectivity index (χ2v) is 16.9. The summed E-state index contributed by atoms with van der Waals surface area (Å²) >= 11 is 0. The van der Waals surface area contributed by atoms with Crippen LogP contribution >= 0.6 is 0 Å². The maximum atomic E-state index is 12.7. The van der Waals surface area contributed by atoms with E-state index in [1.807, 2.05) is 13.8 Å². The standard InChI is InChI=1S/C44H74O3.C2H4O2.CH4/c1-6-7-8-9-10-11-12-13-14-15-16-17-18-19-20-29-42(45)47-41-28-23-25-37(36(41)2)30-31-38-26-24-35-44(5)39(32-33-40(38)44)27-21-22-34-43(3,4)46;1-2(3)4;/h13-14,30-31,39-41,46H,2,6-12,15-29,32-35H2,1,3-5H3;1H3,(H,3,4);1H4/b14-13-,37-30-,38-31+;;. The monoisotopic (exact) mass is 727 g/mol. The summed E-state index contributed by atoms with van der Waals surface area (Å²) in [7, 11) is 0. The van der Waals surface area contributed by atoms with E-state index in [0.717, 1.165) is 63.4 Å². The Bertz CT molecular complexity index is 1100. The number of carbonyl (C=O) groups excluding carboxylic acids is 1. The van der Waals surface area contributed by atoms with Crippen LogP contribution in [0.2, 0.25) is 0 Å². The number of ether oxygens (including phenoxy) is 1. The maximum absolute atomic E-state index is 12.7. The summed E-state index contributed by atoms with van der Waals surface area (Å²) in [6, 6.07) is 0. The quantitative estimate of drug-likeness (QED) is 0.0659. The Kier molecular flexibility index (Phi) is 24.5. The molecule has 0 aliphatic heterocycles. The Morgan fingerprint density at radius 1 is 0.865 bits per heavy atom. The number of fused-ring (bicyclic) bond motifs is 1. The predicted octanol–water partition coefficient (Wildman–Crippen LogP) is 13.8. The number of esters is 1. The highest BCUT2D eigenvalue weighted by molar-refractivity contribution is 5.70. The lowest BCUT2D eigenvalue weighted by Crippen LogP contribution is -2.33. The Morgan fingerprint density at radius 2 is 1.48 bits per heavy atom. The van der Waals surface area contributed by atoms with Gasteiger partial charge in [-0.3, -0.25) is 9.59 Å². The maximum Gasteiger partial charge on any atom is 0.306 e. The van der Waals surface area contributed by atoms with E-state index in [-0.39, 0.29) is 19.5 Å². The molecule has 300 valence electrons. The first-order valence-corrected chi connectivity index (χ1v) is 21.2. The SMILES string of the molecule is C.C=C1/C(=C\C=C2/CCCC3(C)C(CCCCC(C)(C)O)CCC23)CCCC1OC(=O)CCCCCCC/C=C\CCCCCCCC.CC(=O)O. The number of unbranched alkanes of at least 4 members (excludes halogenated alkanes) is 12. The molecule has 0 aromatic heterocycles. The molecule has 3 aliphatic rings. The summed E-state index contributed by atoms with van der Waals surface area (Å²) in [5, 5.41) is 17.5. The molecule has 0 aromatic carbocycles. The molecule has 0 saturated heterocycles. The molecule has 5 nitrogen and oxygen atoms in total. The van der Waals surface area contributed by atoms with Gasteiger partial charge in [0.05, 0.1) is 5.60 Å². The normalized spacial score (nSPS) is 24.7. The highest BCUT2D eigenvalue weighted by Crippen LogP contribution is 2.58. The largest absolute Gasteiger partial charge is 0.481 e. The Balaban J connectivity index is 0.00000256. The number of carbonyl (C=O) groups is 2. The van der Waals surface area contributed by atoms with E-state index in [1.54, 1.807) is 5.57 Å². The smallest absolute Gasteiger partial charge is 0.306 e. The van der Waals surface area contributed by atoms with Crippen LogP contribution in [0.1, 0.15) is 209 Å². The Morgan fingerprint density at radius 3 is 2.12 bits per heavy atom. The van der Waals surface area contributed by atoms with E-state index in [2.05, 4.69) is 44.7 Å². The lowest BCUT2D eigenvalue weighted by atomic mass is 9.62. The van der Waals surface area contributed by atoms with Crippen molar-refractivity contribution < 1.29 is 24.5 Å². The second-order valence-electron chi connectivity index (χ2n) is 16.9.